The van der Waals surface area contributed by atoms with Gasteiger partial charge in [-0.3, -0.25) is 9.00 Å². The minimum Gasteiger partial charge on any atom is -0.292 e. The third-order valence-corrected chi connectivity index (χ3v) is 5.39. The van der Waals surface area contributed by atoms with Gasteiger partial charge in [0.15, 0.2) is 5.78 Å². The summed E-state index contributed by atoms with van der Waals surface area (Å²) in [6.07, 6.45) is 0. The van der Waals surface area contributed by atoms with E-state index >= 15 is 0 Å². The summed E-state index contributed by atoms with van der Waals surface area (Å²) >= 11 is 13.2. The summed E-state index contributed by atoms with van der Waals surface area (Å²) in [4.78, 5) is 12.8. The Morgan fingerprint density at radius 3 is 2.39 bits per heavy atom. The molecule has 0 spiro atoms. The molecule has 2 aromatic rings. The van der Waals surface area contributed by atoms with Crippen LogP contribution in [0.15, 0.2) is 40.6 Å². The van der Waals surface area contributed by atoms with Gasteiger partial charge in [-0.2, -0.15) is 0 Å². The van der Waals surface area contributed by atoms with Gasteiger partial charge in [0.1, 0.15) is 0 Å². The van der Waals surface area contributed by atoms with Crippen molar-refractivity contribution in [3.63, 3.8) is 0 Å². The highest BCUT2D eigenvalue weighted by Gasteiger charge is 2.17. The molecule has 0 fully saturated rings. The first-order valence-electron chi connectivity index (χ1n) is 4.98. The Balaban J connectivity index is 2.20. The van der Waals surface area contributed by atoms with Crippen LogP contribution in [-0.2, 0) is 10.8 Å². The number of thiophene rings is 1. The quantitative estimate of drug-likeness (QED) is 0.797. The normalized spacial score (nSPS) is 12.3. The van der Waals surface area contributed by atoms with Crippen molar-refractivity contribution in [3.05, 3.63) is 50.6 Å². The average molecular weight is 319 g/mol. The van der Waals surface area contributed by atoms with Crippen LogP contribution in [0.4, 0.5) is 0 Å². The van der Waals surface area contributed by atoms with Crippen LogP contribution in [0.2, 0.25) is 10.0 Å². The highest BCUT2D eigenvalue weighted by Crippen LogP contribution is 2.28. The van der Waals surface area contributed by atoms with Crippen molar-refractivity contribution in [3.8, 4) is 0 Å². The van der Waals surface area contributed by atoms with Crippen LogP contribution >= 0.6 is 34.5 Å². The van der Waals surface area contributed by atoms with E-state index in [1.807, 2.05) is 0 Å². The van der Waals surface area contributed by atoms with E-state index in [4.69, 9.17) is 23.2 Å². The lowest BCUT2D eigenvalue weighted by molar-refractivity contribution is 0.102. The van der Waals surface area contributed by atoms with Crippen LogP contribution in [0.3, 0.4) is 0 Å². The molecular formula is C12H8Cl2O2S2. The standard InChI is InChI=1S/C12H8Cl2O2S2/c13-8-3-1-4-9(14)12(8)18(16)7-10(15)11-5-2-6-17-11/h1-6H,7H2. The zero-order chi connectivity index (χ0) is 13.1. The maximum Gasteiger partial charge on any atom is 0.185 e. The van der Waals surface area contributed by atoms with E-state index in [1.54, 1.807) is 35.7 Å². The summed E-state index contributed by atoms with van der Waals surface area (Å²) in [5.41, 5.74) is 0. The molecule has 0 N–H and O–H groups in total. The molecule has 1 atom stereocenters. The van der Waals surface area contributed by atoms with Crippen molar-refractivity contribution in [1.29, 1.82) is 0 Å². The first kappa shape index (κ1) is 13.7. The number of Topliss-reactive ketones (excluding diaryl/α,β-unsaturated/α-hetero) is 1. The summed E-state index contributed by atoms with van der Waals surface area (Å²) in [7, 11) is -1.53. The van der Waals surface area contributed by atoms with E-state index in [2.05, 4.69) is 0 Å². The molecule has 18 heavy (non-hydrogen) atoms. The molecule has 1 aromatic heterocycles. The van der Waals surface area contributed by atoms with E-state index in [-0.39, 0.29) is 11.5 Å². The molecule has 0 aliphatic rings. The number of ketones is 1. The molecule has 0 radical (unpaired) electrons. The predicted octanol–water partition coefficient (Wildman–Crippen LogP) is 4.05. The Bertz CT molecular complexity index is 574. The smallest absolute Gasteiger partial charge is 0.185 e. The Labute approximate surface area is 121 Å². The van der Waals surface area contributed by atoms with E-state index in [1.165, 1.54) is 11.3 Å². The SMILES string of the molecule is O=C(CS(=O)c1c(Cl)cccc1Cl)c1cccs1. The molecule has 1 aromatic carbocycles. The van der Waals surface area contributed by atoms with E-state index in [0.717, 1.165) is 0 Å². The van der Waals surface area contributed by atoms with Gasteiger partial charge in [0, 0.05) is 0 Å². The van der Waals surface area contributed by atoms with Crippen molar-refractivity contribution in [2.45, 2.75) is 4.90 Å². The van der Waals surface area contributed by atoms with Gasteiger partial charge < -0.3 is 0 Å². The molecule has 0 saturated carbocycles. The maximum absolute atomic E-state index is 12.1. The van der Waals surface area contributed by atoms with Gasteiger partial charge in [0.25, 0.3) is 0 Å². The second-order valence-electron chi connectivity index (χ2n) is 3.44. The number of hydrogen-bond donors (Lipinski definition) is 0. The van der Waals surface area contributed by atoms with Gasteiger partial charge in [-0.05, 0) is 23.6 Å². The number of halogens is 2. The summed E-state index contributed by atoms with van der Waals surface area (Å²) in [5.74, 6) is -0.274. The molecule has 1 unspecified atom stereocenters. The minimum atomic E-state index is -1.53. The van der Waals surface area contributed by atoms with Crippen molar-refractivity contribution in [2.24, 2.45) is 0 Å². The summed E-state index contributed by atoms with van der Waals surface area (Å²) in [6.45, 7) is 0. The van der Waals surface area contributed by atoms with Gasteiger partial charge in [-0.15, -0.1) is 11.3 Å². The van der Waals surface area contributed by atoms with Crippen molar-refractivity contribution < 1.29 is 9.00 Å². The molecule has 0 aliphatic carbocycles. The number of rotatable bonds is 4. The van der Waals surface area contributed by atoms with Gasteiger partial charge in [0.05, 0.1) is 36.4 Å². The van der Waals surface area contributed by atoms with Crippen molar-refractivity contribution >= 4 is 51.1 Å². The van der Waals surface area contributed by atoms with Crippen LogP contribution < -0.4 is 0 Å². The van der Waals surface area contributed by atoms with Crippen LogP contribution in [-0.4, -0.2) is 15.7 Å². The maximum atomic E-state index is 12.1. The lowest BCUT2D eigenvalue weighted by Gasteiger charge is -2.05. The fraction of sp³-hybridized carbons (Fsp3) is 0.0833. The second-order valence-corrected chi connectivity index (χ2v) is 6.59. The van der Waals surface area contributed by atoms with E-state index in [9.17, 15) is 9.00 Å². The Kier molecular flexibility index (Phi) is 4.56. The molecular weight excluding hydrogens is 311 g/mol. The monoisotopic (exact) mass is 318 g/mol. The van der Waals surface area contributed by atoms with Gasteiger partial charge in [0.2, 0.25) is 0 Å². The molecule has 0 aliphatic heterocycles. The summed E-state index contributed by atoms with van der Waals surface area (Å²) < 4.78 is 12.1. The minimum absolute atomic E-state index is 0.107. The van der Waals surface area contributed by atoms with Crippen LogP contribution in [0, 0.1) is 0 Å². The number of carbonyl (C=O) groups excluding carboxylic acids is 1. The first-order valence-corrected chi connectivity index (χ1v) is 7.94. The second kappa shape index (κ2) is 5.97. The fourth-order valence-electron chi connectivity index (χ4n) is 1.40. The number of carbonyl (C=O) groups is 1. The highest BCUT2D eigenvalue weighted by atomic mass is 35.5. The lowest BCUT2D eigenvalue weighted by atomic mass is 10.3. The first-order chi connectivity index (χ1) is 8.59. The van der Waals surface area contributed by atoms with Gasteiger partial charge in [-0.1, -0.05) is 35.3 Å². The van der Waals surface area contributed by atoms with Gasteiger partial charge in [-0.25, -0.2) is 0 Å². The Morgan fingerprint density at radius 1 is 1.17 bits per heavy atom. The molecule has 94 valence electrons. The summed E-state index contributed by atoms with van der Waals surface area (Å²) in [5, 5.41) is 2.44. The molecule has 2 nitrogen and oxygen atoms in total. The van der Waals surface area contributed by atoms with E-state index in [0.29, 0.717) is 19.8 Å². The number of hydrogen-bond acceptors (Lipinski definition) is 3. The predicted molar refractivity (Wildman–Crippen MR) is 76.4 cm³/mol. The Morgan fingerprint density at radius 2 is 1.83 bits per heavy atom. The van der Waals surface area contributed by atoms with E-state index < -0.39 is 10.8 Å². The topological polar surface area (TPSA) is 34.1 Å². The number of benzene rings is 1. The third kappa shape index (κ3) is 3.01. The Hall–Kier alpha value is -0.680. The summed E-state index contributed by atoms with van der Waals surface area (Å²) in [6, 6.07) is 8.38. The fourth-order valence-corrected chi connectivity index (χ4v) is 4.18. The molecule has 6 heteroatoms. The molecule has 1 heterocycles. The van der Waals surface area contributed by atoms with Crippen LogP contribution in [0.25, 0.3) is 0 Å². The molecule has 2 rings (SSSR count). The molecule has 0 amide bonds. The molecule has 0 bridgehead atoms. The third-order valence-electron chi connectivity index (χ3n) is 2.20. The van der Waals surface area contributed by atoms with Crippen LogP contribution in [0.5, 0.6) is 0 Å². The van der Waals surface area contributed by atoms with Gasteiger partial charge >= 0.3 is 0 Å². The van der Waals surface area contributed by atoms with Crippen molar-refractivity contribution in [2.75, 3.05) is 5.75 Å². The zero-order valence-electron chi connectivity index (χ0n) is 9.06. The lowest BCUT2D eigenvalue weighted by Crippen LogP contribution is -2.10. The van der Waals surface area contributed by atoms with Crippen molar-refractivity contribution in [1.82, 2.24) is 0 Å². The molecule has 0 saturated heterocycles. The highest BCUT2D eigenvalue weighted by molar-refractivity contribution is 7.86. The largest absolute Gasteiger partial charge is 0.292 e. The van der Waals surface area contributed by atoms with Crippen LogP contribution in [0.1, 0.15) is 9.67 Å². The average Bonchev–Trinajstić information content (AvgIpc) is 2.81. The zero-order valence-corrected chi connectivity index (χ0v) is 12.2.